The van der Waals surface area contributed by atoms with Crippen molar-refractivity contribution in [1.82, 2.24) is 5.32 Å². The quantitative estimate of drug-likeness (QED) is 0.744. The summed E-state index contributed by atoms with van der Waals surface area (Å²) in [6, 6.07) is 6.61. The highest BCUT2D eigenvalue weighted by Gasteiger charge is 2.28. The van der Waals surface area contributed by atoms with Gasteiger partial charge in [0.25, 0.3) is 0 Å². The molecule has 5 nitrogen and oxygen atoms in total. The molecule has 1 aromatic carbocycles. The number of rotatable bonds is 7. The second-order valence-corrected chi connectivity index (χ2v) is 5.14. The Morgan fingerprint density at radius 1 is 1.35 bits per heavy atom. The van der Waals surface area contributed by atoms with Gasteiger partial charge in [-0.15, -0.1) is 0 Å². The normalized spacial score (nSPS) is 12.8. The van der Waals surface area contributed by atoms with Crippen molar-refractivity contribution >= 4 is 5.97 Å². The van der Waals surface area contributed by atoms with Gasteiger partial charge in [-0.1, -0.05) is 12.1 Å². The van der Waals surface area contributed by atoms with E-state index >= 15 is 0 Å². The summed E-state index contributed by atoms with van der Waals surface area (Å²) in [6.45, 7) is 6.05. The molecule has 0 saturated carbocycles. The van der Waals surface area contributed by atoms with Crippen LogP contribution in [0.25, 0.3) is 0 Å². The first-order chi connectivity index (χ1) is 9.43. The van der Waals surface area contributed by atoms with E-state index in [0.717, 1.165) is 11.3 Å². The molecule has 0 aliphatic rings. The molecule has 1 rings (SSSR count). The van der Waals surface area contributed by atoms with E-state index in [1.54, 1.807) is 0 Å². The molecule has 0 amide bonds. The van der Waals surface area contributed by atoms with E-state index in [1.807, 2.05) is 45.0 Å². The zero-order valence-corrected chi connectivity index (χ0v) is 12.5. The third-order valence-electron chi connectivity index (χ3n) is 2.89. The van der Waals surface area contributed by atoms with Gasteiger partial charge in [-0.2, -0.15) is 0 Å². The SMILES string of the molecule is CCOc1ccc(C(NC(C)(C)CO)C(=O)OC)cc1. The molecule has 0 aliphatic carbocycles. The lowest BCUT2D eigenvalue weighted by Crippen LogP contribution is -2.47. The molecule has 1 unspecified atom stereocenters. The lowest BCUT2D eigenvalue weighted by Gasteiger charge is -2.29. The molecule has 5 heteroatoms. The van der Waals surface area contributed by atoms with Gasteiger partial charge in [-0.3, -0.25) is 5.32 Å². The fraction of sp³-hybridized carbons (Fsp3) is 0.533. The number of aliphatic hydroxyl groups excluding tert-OH is 1. The minimum Gasteiger partial charge on any atom is -0.494 e. The highest BCUT2D eigenvalue weighted by Crippen LogP contribution is 2.21. The molecular formula is C15H23NO4. The number of carbonyl (C=O) groups excluding carboxylic acids is 1. The minimum absolute atomic E-state index is 0.0858. The lowest BCUT2D eigenvalue weighted by molar-refractivity contribution is -0.144. The van der Waals surface area contributed by atoms with Crippen molar-refractivity contribution in [2.45, 2.75) is 32.4 Å². The van der Waals surface area contributed by atoms with Gasteiger partial charge in [0.1, 0.15) is 11.8 Å². The second-order valence-electron chi connectivity index (χ2n) is 5.14. The summed E-state index contributed by atoms with van der Waals surface area (Å²) >= 11 is 0. The van der Waals surface area contributed by atoms with Crippen LogP contribution in [-0.4, -0.2) is 36.9 Å². The van der Waals surface area contributed by atoms with Crippen molar-refractivity contribution in [2.24, 2.45) is 0 Å². The molecule has 0 aliphatic heterocycles. The molecule has 2 N–H and O–H groups in total. The second kappa shape index (κ2) is 7.26. The molecule has 20 heavy (non-hydrogen) atoms. The Bertz CT molecular complexity index is 428. The first kappa shape index (κ1) is 16.5. The number of nitrogens with one attached hydrogen (secondary N) is 1. The number of esters is 1. The van der Waals surface area contributed by atoms with E-state index in [1.165, 1.54) is 7.11 Å². The predicted octanol–water partition coefficient (Wildman–Crippen LogP) is 1.66. The molecule has 0 fully saturated rings. The summed E-state index contributed by atoms with van der Waals surface area (Å²) in [7, 11) is 1.34. The predicted molar refractivity (Wildman–Crippen MR) is 76.7 cm³/mol. The summed E-state index contributed by atoms with van der Waals surface area (Å²) in [5, 5.41) is 12.4. The minimum atomic E-state index is -0.627. The van der Waals surface area contributed by atoms with Gasteiger partial charge in [0, 0.05) is 5.54 Å². The molecule has 0 saturated heterocycles. The summed E-state index contributed by atoms with van der Waals surface area (Å²) < 4.78 is 10.2. The van der Waals surface area contributed by atoms with E-state index in [-0.39, 0.29) is 6.61 Å². The highest BCUT2D eigenvalue weighted by molar-refractivity contribution is 5.77. The monoisotopic (exact) mass is 281 g/mol. The molecule has 0 spiro atoms. The Morgan fingerprint density at radius 3 is 2.40 bits per heavy atom. The van der Waals surface area contributed by atoms with Crippen LogP contribution in [0.5, 0.6) is 5.75 Å². The summed E-state index contributed by atoms with van der Waals surface area (Å²) in [5.41, 5.74) is 0.180. The van der Waals surface area contributed by atoms with Gasteiger partial charge in [0.15, 0.2) is 0 Å². The van der Waals surface area contributed by atoms with Gasteiger partial charge in [0.05, 0.1) is 20.3 Å². The number of ether oxygens (including phenoxy) is 2. The van der Waals surface area contributed by atoms with E-state index in [2.05, 4.69) is 5.32 Å². The van der Waals surface area contributed by atoms with Gasteiger partial charge < -0.3 is 14.6 Å². The van der Waals surface area contributed by atoms with Crippen LogP contribution in [0.2, 0.25) is 0 Å². The Morgan fingerprint density at radius 2 is 1.95 bits per heavy atom. The maximum atomic E-state index is 11.9. The Kier molecular flexibility index (Phi) is 5.98. The Balaban J connectivity index is 2.96. The summed E-state index contributed by atoms with van der Waals surface area (Å²) in [5.74, 6) is 0.358. The van der Waals surface area contributed by atoms with E-state index in [4.69, 9.17) is 9.47 Å². The number of carbonyl (C=O) groups is 1. The molecule has 1 atom stereocenters. The fourth-order valence-corrected chi connectivity index (χ4v) is 1.76. The molecule has 0 bridgehead atoms. The Labute approximate surface area is 119 Å². The van der Waals surface area contributed by atoms with Crippen molar-refractivity contribution in [3.63, 3.8) is 0 Å². The number of hydrogen-bond donors (Lipinski definition) is 2. The zero-order valence-electron chi connectivity index (χ0n) is 12.5. The van der Waals surface area contributed by atoms with Crippen LogP contribution in [0.4, 0.5) is 0 Å². The Hall–Kier alpha value is -1.59. The number of hydrogen-bond acceptors (Lipinski definition) is 5. The van der Waals surface area contributed by atoms with Crippen molar-refractivity contribution in [1.29, 1.82) is 0 Å². The number of methoxy groups -OCH3 is 1. The summed E-state index contributed by atoms with van der Waals surface area (Å²) in [4.78, 5) is 11.9. The zero-order chi connectivity index (χ0) is 15.2. The first-order valence-corrected chi connectivity index (χ1v) is 6.62. The van der Waals surface area contributed by atoms with Gasteiger partial charge in [-0.25, -0.2) is 4.79 Å². The van der Waals surface area contributed by atoms with Crippen LogP contribution in [0, 0.1) is 0 Å². The molecule has 1 aromatic rings. The lowest BCUT2D eigenvalue weighted by atomic mass is 10.0. The van der Waals surface area contributed by atoms with E-state index < -0.39 is 17.6 Å². The number of benzene rings is 1. The van der Waals surface area contributed by atoms with E-state index in [9.17, 15) is 9.90 Å². The van der Waals surface area contributed by atoms with Gasteiger partial charge >= 0.3 is 5.97 Å². The first-order valence-electron chi connectivity index (χ1n) is 6.62. The van der Waals surface area contributed by atoms with Crippen LogP contribution in [0.1, 0.15) is 32.4 Å². The van der Waals surface area contributed by atoms with Crippen molar-refractivity contribution < 1.29 is 19.4 Å². The average molecular weight is 281 g/mol. The van der Waals surface area contributed by atoms with Crippen LogP contribution in [0.15, 0.2) is 24.3 Å². The van der Waals surface area contributed by atoms with Crippen LogP contribution in [0.3, 0.4) is 0 Å². The smallest absolute Gasteiger partial charge is 0.327 e. The van der Waals surface area contributed by atoms with Gasteiger partial charge in [-0.05, 0) is 38.5 Å². The topological polar surface area (TPSA) is 67.8 Å². The van der Waals surface area contributed by atoms with Crippen molar-refractivity contribution in [3.8, 4) is 5.75 Å². The average Bonchev–Trinajstić information content (AvgIpc) is 2.45. The summed E-state index contributed by atoms with van der Waals surface area (Å²) in [6.07, 6.45) is 0. The highest BCUT2D eigenvalue weighted by atomic mass is 16.5. The molecule has 0 heterocycles. The van der Waals surface area contributed by atoms with Crippen molar-refractivity contribution in [3.05, 3.63) is 29.8 Å². The van der Waals surface area contributed by atoms with Crippen LogP contribution < -0.4 is 10.1 Å². The molecule has 0 aromatic heterocycles. The molecule has 0 radical (unpaired) electrons. The molecule has 112 valence electrons. The third kappa shape index (κ3) is 4.51. The largest absolute Gasteiger partial charge is 0.494 e. The van der Waals surface area contributed by atoms with Gasteiger partial charge in [0.2, 0.25) is 0 Å². The molecular weight excluding hydrogens is 258 g/mol. The standard InChI is InChI=1S/C15H23NO4/c1-5-20-12-8-6-11(7-9-12)13(14(18)19-4)16-15(2,3)10-17/h6-9,13,16-17H,5,10H2,1-4H3. The van der Waals surface area contributed by atoms with Crippen molar-refractivity contribution in [2.75, 3.05) is 20.3 Å². The third-order valence-corrected chi connectivity index (χ3v) is 2.89. The number of aliphatic hydroxyl groups is 1. The van der Waals surface area contributed by atoms with Crippen LogP contribution in [-0.2, 0) is 9.53 Å². The van der Waals surface area contributed by atoms with E-state index in [0.29, 0.717) is 6.61 Å². The maximum Gasteiger partial charge on any atom is 0.327 e. The van der Waals surface area contributed by atoms with Crippen LogP contribution >= 0.6 is 0 Å². The fourth-order valence-electron chi connectivity index (χ4n) is 1.76. The maximum absolute atomic E-state index is 11.9.